The highest BCUT2D eigenvalue weighted by Gasteiger charge is 2.36. The normalized spacial score (nSPS) is 23.7. The predicted octanol–water partition coefficient (Wildman–Crippen LogP) is 3.51. The zero-order valence-electron chi connectivity index (χ0n) is 15.9. The standard InChI is InChI=1S/C20H30N2O3S/c1-3-21(4-2)26(24,25)18-12-7-10-17(15-18)20(23)22-14-8-11-16-9-5-6-13-19(16)22/h7,10,12,15-16,19H,3-6,8-9,11,13-14H2,1-2H3/t16-,19+/m0/s1. The molecule has 3 rings (SSSR count). The van der Waals surface area contributed by atoms with Gasteiger partial charge in [0.05, 0.1) is 4.90 Å². The smallest absolute Gasteiger partial charge is 0.254 e. The predicted molar refractivity (Wildman–Crippen MR) is 103 cm³/mol. The van der Waals surface area contributed by atoms with Gasteiger partial charge in [-0.15, -0.1) is 0 Å². The van der Waals surface area contributed by atoms with E-state index in [2.05, 4.69) is 0 Å². The molecule has 2 fully saturated rings. The largest absolute Gasteiger partial charge is 0.335 e. The summed E-state index contributed by atoms with van der Waals surface area (Å²) in [6.07, 6.45) is 7.00. The quantitative estimate of drug-likeness (QED) is 0.788. The van der Waals surface area contributed by atoms with Gasteiger partial charge in [0.15, 0.2) is 0 Å². The van der Waals surface area contributed by atoms with E-state index in [1.165, 1.54) is 30.0 Å². The maximum Gasteiger partial charge on any atom is 0.254 e. The first-order valence-electron chi connectivity index (χ1n) is 9.90. The van der Waals surface area contributed by atoms with Crippen molar-refractivity contribution in [3.63, 3.8) is 0 Å². The van der Waals surface area contributed by atoms with E-state index in [4.69, 9.17) is 0 Å². The number of likely N-dealkylation sites (tertiary alicyclic amines) is 1. The Morgan fingerprint density at radius 2 is 1.81 bits per heavy atom. The highest BCUT2D eigenvalue weighted by Crippen LogP contribution is 2.36. The third kappa shape index (κ3) is 3.67. The number of fused-ring (bicyclic) bond motifs is 1. The van der Waals surface area contributed by atoms with Crippen LogP contribution in [0.5, 0.6) is 0 Å². The van der Waals surface area contributed by atoms with Crippen molar-refractivity contribution >= 4 is 15.9 Å². The van der Waals surface area contributed by atoms with E-state index in [-0.39, 0.29) is 10.8 Å². The van der Waals surface area contributed by atoms with E-state index >= 15 is 0 Å². The number of carbonyl (C=O) groups is 1. The number of rotatable bonds is 5. The zero-order chi connectivity index (χ0) is 18.7. The molecule has 1 saturated carbocycles. The monoisotopic (exact) mass is 378 g/mol. The van der Waals surface area contributed by atoms with Crippen molar-refractivity contribution in [3.05, 3.63) is 29.8 Å². The lowest BCUT2D eigenvalue weighted by Crippen LogP contribution is -2.49. The Kier molecular flexibility index (Phi) is 6.03. The molecular weight excluding hydrogens is 348 g/mol. The first kappa shape index (κ1) is 19.4. The van der Waals surface area contributed by atoms with Crippen molar-refractivity contribution in [2.24, 2.45) is 5.92 Å². The van der Waals surface area contributed by atoms with Crippen LogP contribution < -0.4 is 0 Å². The van der Waals surface area contributed by atoms with Crippen molar-refractivity contribution in [1.82, 2.24) is 9.21 Å². The summed E-state index contributed by atoms with van der Waals surface area (Å²) in [5, 5.41) is 0. The lowest BCUT2D eigenvalue weighted by atomic mass is 9.78. The van der Waals surface area contributed by atoms with Crippen molar-refractivity contribution in [1.29, 1.82) is 0 Å². The lowest BCUT2D eigenvalue weighted by Gasteiger charge is -2.44. The van der Waals surface area contributed by atoms with Gasteiger partial charge in [-0.3, -0.25) is 4.79 Å². The van der Waals surface area contributed by atoms with Crippen LogP contribution in [0.1, 0.15) is 62.7 Å². The fourth-order valence-corrected chi connectivity index (χ4v) is 6.05. The summed E-state index contributed by atoms with van der Waals surface area (Å²) in [5.74, 6) is 0.599. The van der Waals surface area contributed by atoms with Crippen molar-refractivity contribution in [2.45, 2.75) is 63.3 Å². The van der Waals surface area contributed by atoms with Crippen molar-refractivity contribution < 1.29 is 13.2 Å². The average molecular weight is 379 g/mol. The van der Waals surface area contributed by atoms with Gasteiger partial charge >= 0.3 is 0 Å². The molecule has 1 aromatic rings. The molecule has 6 heteroatoms. The van der Waals surface area contributed by atoms with Gasteiger partial charge in [0.1, 0.15) is 0 Å². The SMILES string of the molecule is CCN(CC)S(=O)(=O)c1cccc(C(=O)N2CCC[C@@H]3CCCC[C@H]32)c1. The molecule has 0 unspecified atom stereocenters. The van der Waals surface area contributed by atoms with Crippen molar-refractivity contribution in [2.75, 3.05) is 19.6 Å². The molecule has 144 valence electrons. The summed E-state index contributed by atoms with van der Waals surface area (Å²) in [6, 6.07) is 6.90. The van der Waals surface area contributed by atoms with Crippen LogP contribution in [0.4, 0.5) is 0 Å². The number of hydrogen-bond acceptors (Lipinski definition) is 3. The van der Waals surface area contributed by atoms with Gasteiger partial charge in [0.2, 0.25) is 10.0 Å². The molecular formula is C20H30N2O3S. The van der Waals surface area contributed by atoms with E-state index in [1.807, 2.05) is 18.7 Å². The molecule has 5 nitrogen and oxygen atoms in total. The summed E-state index contributed by atoms with van der Waals surface area (Å²) < 4.78 is 27.0. The number of nitrogens with zero attached hydrogens (tertiary/aromatic N) is 2. The van der Waals surface area contributed by atoms with Gasteiger partial charge in [-0.25, -0.2) is 8.42 Å². The van der Waals surface area contributed by atoms with Crippen LogP contribution >= 0.6 is 0 Å². The van der Waals surface area contributed by atoms with Crippen LogP contribution in [-0.4, -0.2) is 49.2 Å². The van der Waals surface area contributed by atoms with Crippen LogP contribution in [0.15, 0.2) is 29.2 Å². The summed E-state index contributed by atoms with van der Waals surface area (Å²) in [4.78, 5) is 15.4. The number of benzene rings is 1. The summed E-state index contributed by atoms with van der Waals surface area (Å²) >= 11 is 0. The van der Waals surface area contributed by atoms with Gasteiger partial charge in [0.25, 0.3) is 5.91 Å². The average Bonchev–Trinajstić information content (AvgIpc) is 2.68. The van der Waals surface area contributed by atoms with E-state index < -0.39 is 10.0 Å². The molecule has 0 bridgehead atoms. The van der Waals surface area contributed by atoms with Crippen LogP contribution in [0.3, 0.4) is 0 Å². The highest BCUT2D eigenvalue weighted by molar-refractivity contribution is 7.89. The first-order valence-corrected chi connectivity index (χ1v) is 11.3. The van der Waals surface area contributed by atoms with Gasteiger partial charge in [-0.2, -0.15) is 4.31 Å². The molecule has 1 aromatic carbocycles. The maximum atomic E-state index is 13.2. The van der Waals surface area contributed by atoms with Gasteiger partial charge in [-0.05, 0) is 49.8 Å². The van der Waals surface area contributed by atoms with Crippen LogP contribution in [0, 0.1) is 5.92 Å². The molecule has 0 aromatic heterocycles. The van der Waals surface area contributed by atoms with Crippen molar-refractivity contribution in [3.8, 4) is 0 Å². The molecule has 1 aliphatic carbocycles. The number of amides is 1. The Bertz CT molecular complexity index is 741. The topological polar surface area (TPSA) is 57.7 Å². The van der Waals surface area contributed by atoms with Gasteiger partial charge in [-0.1, -0.05) is 32.8 Å². The Morgan fingerprint density at radius 1 is 1.12 bits per heavy atom. The number of carbonyl (C=O) groups excluding carboxylic acids is 1. The van der Waals surface area contributed by atoms with Crippen LogP contribution in [0.25, 0.3) is 0 Å². The summed E-state index contributed by atoms with van der Waals surface area (Å²) in [6.45, 7) is 5.28. The number of hydrogen-bond donors (Lipinski definition) is 0. The second kappa shape index (κ2) is 8.09. The summed E-state index contributed by atoms with van der Waals surface area (Å²) in [7, 11) is -3.55. The number of sulfonamides is 1. The van der Waals surface area contributed by atoms with E-state index in [1.54, 1.807) is 24.3 Å². The lowest BCUT2D eigenvalue weighted by molar-refractivity contribution is 0.0390. The van der Waals surface area contributed by atoms with Crippen LogP contribution in [0.2, 0.25) is 0 Å². The minimum Gasteiger partial charge on any atom is -0.335 e. The van der Waals surface area contributed by atoms with Crippen LogP contribution in [-0.2, 0) is 10.0 Å². The third-order valence-corrected chi connectivity index (χ3v) is 7.97. The minimum atomic E-state index is -3.55. The Hall–Kier alpha value is -1.40. The molecule has 0 spiro atoms. The third-order valence-electron chi connectivity index (χ3n) is 5.93. The van der Waals surface area contributed by atoms with E-state index in [0.717, 1.165) is 19.4 Å². The van der Waals surface area contributed by atoms with Gasteiger partial charge in [0, 0.05) is 31.2 Å². The fourth-order valence-electron chi connectivity index (χ4n) is 4.54. The molecule has 2 aliphatic rings. The number of piperidine rings is 1. The highest BCUT2D eigenvalue weighted by atomic mass is 32.2. The Balaban J connectivity index is 1.86. The minimum absolute atomic E-state index is 0.0156. The maximum absolute atomic E-state index is 13.2. The molecule has 1 heterocycles. The molecule has 0 N–H and O–H groups in total. The Labute approximate surface area is 157 Å². The molecule has 26 heavy (non-hydrogen) atoms. The molecule has 1 aliphatic heterocycles. The van der Waals surface area contributed by atoms with E-state index in [9.17, 15) is 13.2 Å². The molecule has 2 atom stereocenters. The second-order valence-electron chi connectivity index (χ2n) is 7.37. The van der Waals surface area contributed by atoms with E-state index in [0.29, 0.717) is 30.6 Å². The molecule has 0 radical (unpaired) electrons. The molecule has 1 saturated heterocycles. The molecule has 1 amide bonds. The Morgan fingerprint density at radius 3 is 2.54 bits per heavy atom. The zero-order valence-corrected chi connectivity index (χ0v) is 16.7. The first-order chi connectivity index (χ1) is 12.5. The second-order valence-corrected chi connectivity index (χ2v) is 9.31. The summed E-state index contributed by atoms with van der Waals surface area (Å²) in [5.41, 5.74) is 0.490. The fraction of sp³-hybridized carbons (Fsp3) is 0.650. The van der Waals surface area contributed by atoms with Gasteiger partial charge < -0.3 is 4.90 Å².